The van der Waals surface area contributed by atoms with E-state index in [1.54, 1.807) is 24.3 Å². The van der Waals surface area contributed by atoms with Crippen LogP contribution in [-0.2, 0) is 35.6 Å². The quantitative estimate of drug-likeness (QED) is 0.385. The Morgan fingerprint density at radius 3 is 2.06 bits per heavy atom. The average molecular weight is 527 g/mol. The molecule has 0 saturated heterocycles. The Bertz CT molecular complexity index is 1470. The van der Waals surface area contributed by atoms with Crippen molar-refractivity contribution in [3.8, 4) is 11.1 Å². The number of rotatable bonds is 10. The van der Waals surface area contributed by atoms with Crippen molar-refractivity contribution in [2.75, 3.05) is 20.0 Å². The molecule has 1 saturated carbocycles. The van der Waals surface area contributed by atoms with E-state index in [0.717, 1.165) is 41.4 Å². The molecule has 0 N–H and O–H groups in total. The minimum absolute atomic E-state index is 0.0225. The molecule has 3 aromatic carbocycles. The highest BCUT2D eigenvalue weighted by atomic mass is 32.2. The van der Waals surface area contributed by atoms with Gasteiger partial charge in [-0.15, -0.1) is 0 Å². The van der Waals surface area contributed by atoms with Crippen LogP contribution in [0.5, 0.6) is 0 Å². The van der Waals surface area contributed by atoms with E-state index in [0.29, 0.717) is 10.5 Å². The smallest absolute Gasteiger partial charge is 0.181 e. The molecule has 0 bridgehead atoms. The summed E-state index contributed by atoms with van der Waals surface area (Å²) in [6.07, 6.45) is 2.83. The molecule has 36 heavy (non-hydrogen) atoms. The van der Waals surface area contributed by atoms with Gasteiger partial charge in [0.05, 0.1) is 27.6 Å². The summed E-state index contributed by atoms with van der Waals surface area (Å²) in [7, 11) is -5.00. The van der Waals surface area contributed by atoms with Crippen molar-refractivity contribution in [1.82, 2.24) is 0 Å². The third-order valence-corrected chi connectivity index (χ3v) is 9.97. The van der Waals surface area contributed by atoms with E-state index in [2.05, 4.69) is 0 Å². The molecule has 1 atom stereocenters. The number of sulfone groups is 2. The zero-order valence-electron chi connectivity index (χ0n) is 20.6. The Morgan fingerprint density at radius 2 is 1.53 bits per heavy atom. The highest BCUT2D eigenvalue weighted by Gasteiger charge is 2.36. The fraction of sp³-hybridized carbons (Fsp3) is 0.321. The lowest BCUT2D eigenvalue weighted by atomic mass is 9.90. The van der Waals surface area contributed by atoms with Crippen LogP contribution in [0.1, 0.15) is 35.4 Å². The van der Waals surface area contributed by atoms with Crippen LogP contribution in [0.15, 0.2) is 76.5 Å². The Balaban J connectivity index is 1.51. The first-order chi connectivity index (χ1) is 17.0. The number of carbonyl (C=O) groups is 1. The molecule has 0 amide bonds. The van der Waals surface area contributed by atoms with Gasteiger partial charge in [0.15, 0.2) is 19.7 Å². The summed E-state index contributed by atoms with van der Waals surface area (Å²) in [5, 5.41) is -0.235. The van der Waals surface area contributed by atoms with E-state index in [9.17, 15) is 21.6 Å². The average Bonchev–Trinajstić information content (AvgIpc) is 3.69. The summed E-state index contributed by atoms with van der Waals surface area (Å²) in [6.45, 7) is 2.17. The van der Waals surface area contributed by atoms with Gasteiger partial charge in [-0.3, -0.25) is 4.79 Å². The molecule has 1 fully saturated rings. The molecule has 0 spiro atoms. The van der Waals surface area contributed by atoms with Crippen LogP contribution in [0.25, 0.3) is 11.1 Å². The fourth-order valence-electron chi connectivity index (χ4n) is 4.37. The maximum atomic E-state index is 13.2. The van der Waals surface area contributed by atoms with E-state index >= 15 is 0 Å². The van der Waals surface area contributed by atoms with E-state index in [-0.39, 0.29) is 29.0 Å². The summed E-state index contributed by atoms with van der Waals surface area (Å²) in [5.41, 5.74) is 4.46. The number of ether oxygens (including phenoxy) is 1. The van der Waals surface area contributed by atoms with Crippen molar-refractivity contribution in [2.45, 2.75) is 47.1 Å². The van der Waals surface area contributed by atoms with Crippen molar-refractivity contribution >= 4 is 25.5 Å². The third kappa shape index (κ3) is 5.77. The van der Waals surface area contributed by atoms with E-state index in [4.69, 9.17) is 4.74 Å². The zero-order valence-corrected chi connectivity index (χ0v) is 22.2. The van der Waals surface area contributed by atoms with E-state index in [1.165, 1.54) is 19.2 Å². The maximum Gasteiger partial charge on any atom is 0.181 e. The van der Waals surface area contributed by atoms with Gasteiger partial charge in [0.1, 0.15) is 5.78 Å². The maximum absolute atomic E-state index is 13.2. The van der Waals surface area contributed by atoms with Crippen LogP contribution in [0, 0.1) is 6.92 Å². The second-order valence-corrected chi connectivity index (χ2v) is 13.7. The molecule has 0 radical (unpaired) electrons. The topological polar surface area (TPSA) is 94.6 Å². The number of hydrogen-bond donors (Lipinski definition) is 0. The second kappa shape index (κ2) is 10.3. The summed E-state index contributed by atoms with van der Waals surface area (Å²) >= 11 is 0. The van der Waals surface area contributed by atoms with E-state index < -0.39 is 25.6 Å². The first kappa shape index (κ1) is 26.3. The fourth-order valence-corrected chi connectivity index (χ4v) is 6.66. The predicted molar refractivity (Wildman–Crippen MR) is 140 cm³/mol. The largest absolute Gasteiger partial charge is 0.384 e. The highest BCUT2D eigenvalue weighted by molar-refractivity contribution is 7.92. The molecule has 3 aromatic rings. The first-order valence-electron chi connectivity index (χ1n) is 11.8. The first-order valence-corrected chi connectivity index (χ1v) is 15.2. The number of ketones is 1. The molecule has 0 heterocycles. The van der Waals surface area contributed by atoms with Gasteiger partial charge in [0.2, 0.25) is 0 Å². The lowest BCUT2D eigenvalue weighted by Crippen LogP contribution is -2.20. The Morgan fingerprint density at radius 1 is 0.917 bits per heavy atom. The van der Waals surface area contributed by atoms with Crippen molar-refractivity contribution in [3.05, 3.63) is 83.4 Å². The molecular formula is C28H30O6S2. The Labute approximate surface area is 213 Å². The van der Waals surface area contributed by atoms with Gasteiger partial charge >= 0.3 is 0 Å². The molecule has 6 nitrogen and oxygen atoms in total. The van der Waals surface area contributed by atoms with Gasteiger partial charge in [-0.25, -0.2) is 16.8 Å². The van der Waals surface area contributed by atoms with Crippen LogP contribution in [0.2, 0.25) is 0 Å². The van der Waals surface area contributed by atoms with Gasteiger partial charge < -0.3 is 4.74 Å². The molecule has 0 aliphatic heterocycles. The van der Waals surface area contributed by atoms with Gasteiger partial charge in [-0.2, -0.15) is 0 Å². The number of carbonyl (C=O) groups excluding carboxylic acids is 1. The summed E-state index contributed by atoms with van der Waals surface area (Å²) < 4.78 is 53.7. The highest BCUT2D eigenvalue weighted by Crippen LogP contribution is 2.34. The molecule has 190 valence electrons. The number of methoxy groups -OCH3 is 1. The molecule has 8 heteroatoms. The van der Waals surface area contributed by atoms with Gasteiger partial charge in [0.25, 0.3) is 0 Å². The predicted octanol–water partition coefficient (Wildman–Crippen LogP) is 4.54. The lowest BCUT2D eigenvalue weighted by Gasteiger charge is -2.17. The van der Waals surface area contributed by atoms with E-state index in [1.807, 2.05) is 37.3 Å². The molecular weight excluding hydrogens is 496 g/mol. The lowest BCUT2D eigenvalue weighted by molar-refractivity contribution is -0.121. The summed E-state index contributed by atoms with van der Waals surface area (Å²) in [4.78, 5) is 13.8. The minimum Gasteiger partial charge on any atom is -0.384 e. The van der Waals surface area contributed by atoms with Crippen molar-refractivity contribution in [3.63, 3.8) is 0 Å². The molecule has 1 unspecified atom stereocenters. The Kier molecular flexibility index (Phi) is 7.50. The van der Waals surface area contributed by atoms with Crippen LogP contribution in [0.4, 0.5) is 0 Å². The normalized spacial score (nSPS) is 15.0. The standard InChI is InChI=1S/C28H30O6S2/c1-19-16-20(4-15-26(19)21-7-11-24(12-8-21)36(32,33)25-13-14-25)17-28(29)27(18-34-2)22-5-9-23(10-6-22)35(3,30)31/h4-12,15-16,25,27H,13-14,17-18H2,1-3H3. The monoisotopic (exact) mass is 526 g/mol. The van der Waals surface area contributed by atoms with Gasteiger partial charge in [0, 0.05) is 19.8 Å². The van der Waals surface area contributed by atoms with Crippen LogP contribution < -0.4 is 0 Å². The number of aryl methyl sites for hydroxylation is 1. The summed E-state index contributed by atoms with van der Waals surface area (Å²) in [6, 6.07) is 19.2. The summed E-state index contributed by atoms with van der Waals surface area (Å²) in [5.74, 6) is -0.532. The van der Waals surface area contributed by atoms with Crippen LogP contribution in [-0.4, -0.2) is 47.8 Å². The number of benzene rings is 3. The zero-order chi connectivity index (χ0) is 26.1. The molecule has 1 aliphatic carbocycles. The minimum atomic E-state index is -3.32. The molecule has 4 rings (SSSR count). The molecule has 0 aromatic heterocycles. The third-order valence-electron chi connectivity index (χ3n) is 6.56. The van der Waals surface area contributed by atoms with Crippen molar-refractivity contribution in [1.29, 1.82) is 0 Å². The van der Waals surface area contributed by atoms with Gasteiger partial charge in [-0.1, -0.05) is 42.5 Å². The Hall–Kier alpha value is -2.81. The van der Waals surface area contributed by atoms with Gasteiger partial charge in [-0.05, 0) is 71.8 Å². The SMILES string of the molecule is COCC(C(=O)Cc1ccc(-c2ccc(S(=O)(=O)C3CC3)cc2)c(C)c1)c1ccc(S(C)(=O)=O)cc1. The molecule has 1 aliphatic rings. The number of Topliss-reactive ketones (excluding diaryl/α,β-unsaturated/α-hetero) is 1. The van der Waals surface area contributed by atoms with Crippen molar-refractivity contribution in [2.24, 2.45) is 0 Å². The van der Waals surface area contributed by atoms with Crippen molar-refractivity contribution < 1.29 is 26.4 Å². The van der Waals surface area contributed by atoms with Crippen LogP contribution in [0.3, 0.4) is 0 Å². The van der Waals surface area contributed by atoms with Crippen LogP contribution >= 0.6 is 0 Å². The number of hydrogen-bond acceptors (Lipinski definition) is 6. The second-order valence-electron chi connectivity index (χ2n) is 9.41.